The zero-order valence-corrected chi connectivity index (χ0v) is 12.1. The number of carbonyl (C=O) groups excluding carboxylic acids is 1. The average Bonchev–Trinajstić information content (AvgIpc) is 2.37. The van der Waals surface area contributed by atoms with E-state index in [1.807, 2.05) is 0 Å². The van der Waals surface area contributed by atoms with Crippen molar-refractivity contribution in [3.8, 4) is 5.75 Å². The van der Waals surface area contributed by atoms with Crippen LogP contribution in [0.3, 0.4) is 0 Å². The van der Waals surface area contributed by atoms with Crippen LogP contribution in [0.15, 0.2) is 18.2 Å². The summed E-state index contributed by atoms with van der Waals surface area (Å²) in [7, 11) is 0. The standard InChI is InChI=1S/C14H19F3N2O2/c1-8(2)19-13(20)9(3)21-12-5-4-10(7-18)6-11(12)14(15,16)17/h4-6,8-9H,7,18H2,1-3H3,(H,19,20). The Balaban J connectivity index is 3.00. The zero-order chi connectivity index (χ0) is 16.2. The summed E-state index contributed by atoms with van der Waals surface area (Å²) in [6.45, 7) is 4.89. The molecule has 0 aliphatic carbocycles. The Labute approximate surface area is 121 Å². The highest BCUT2D eigenvalue weighted by atomic mass is 19.4. The largest absolute Gasteiger partial charge is 0.480 e. The van der Waals surface area contributed by atoms with E-state index in [9.17, 15) is 18.0 Å². The van der Waals surface area contributed by atoms with Crippen molar-refractivity contribution in [2.24, 2.45) is 5.73 Å². The topological polar surface area (TPSA) is 64.3 Å². The molecule has 1 unspecified atom stereocenters. The SMILES string of the molecule is CC(C)NC(=O)C(C)Oc1ccc(CN)cc1C(F)(F)F. The Morgan fingerprint density at radius 2 is 1.95 bits per heavy atom. The number of alkyl halides is 3. The van der Waals surface area contributed by atoms with E-state index in [4.69, 9.17) is 10.5 Å². The van der Waals surface area contributed by atoms with Crippen LogP contribution in [0.2, 0.25) is 0 Å². The number of halogens is 3. The molecule has 0 aliphatic heterocycles. The lowest BCUT2D eigenvalue weighted by atomic mass is 10.1. The number of benzene rings is 1. The normalized spacial score (nSPS) is 13.1. The predicted octanol–water partition coefficient (Wildman–Crippen LogP) is 2.46. The quantitative estimate of drug-likeness (QED) is 0.878. The molecule has 0 radical (unpaired) electrons. The molecule has 7 heteroatoms. The molecule has 0 fully saturated rings. The Hall–Kier alpha value is -1.76. The van der Waals surface area contributed by atoms with E-state index in [-0.39, 0.29) is 18.3 Å². The number of ether oxygens (including phenoxy) is 1. The van der Waals surface area contributed by atoms with Gasteiger partial charge in [-0.25, -0.2) is 0 Å². The number of amides is 1. The number of hydrogen-bond acceptors (Lipinski definition) is 3. The molecule has 0 bridgehead atoms. The first kappa shape index (κ1) is 17.3. The highest BCUT2D eigenvalue weighted by molar-refractivity contribution is 5.81. The third-order valence-electron chi connectivity index (χ3n) is 2.69. The molecule has 1 rings (SSSR count). The maximum absolute atomic E-state index is 13.0. The molecule has 1 aromatic rings. The van der Waals surface area contributed by atoms with Gasteiger partial charge in [0.1, 0.15) is 5.75 Å². The van der Waals surface area contributed by atoms with Gasteiger partial charge in [0.15, 0.2) is 6.10 Å². The fourth-order valence-electron chi connectivity index (χ4n) is 1.67. The first-order valence-electron chi connectivity index (χ1n) is 6.52. The van der Waals surface area contributed by atoms with Gasteiger partial charge in [-0.2, -0.15) is 13.2 Å². The smallest absolute Gasteiger partial charge is 0.419 e. The van der Waals surface area contributed by atoms with Gasteiger partial charge in [-0.1, -0.05) is 6.07 Å². The van der Waals surface area contributed by atoms with Crippen LogP contribution >= 0.6 is 0 Å². The zero-order valence-electron chi connectivity index (χ0n) is 12.1. The highest BCUT2D eigenvalue weighted by Crippen LogP contribution is 2.37. The van der Waals surface area contributed by atoms with E-state index >= 15 is 0 Å². The van der Waals surface area contributed by atoms with Gasteiger partial charge in [0.2, 0.25) is 0 Å². The molecule has 1 amide bonds. The van der Waals surface area contributed by atoms with Gasteiger partial charge in [-0.15, -0.1) is 0 Å². The van der Waals surface area contributed by atoms with Crippen molar-refractivity contribution in [3.63, 3.8) is 0 Å². The summed E-state index contributed by atoms with van der Waals surface area (Å²) in [5.41, 5.74) is 4.75. The molecule has 0 saturated carbocycles. The Kier molecular flexibility index (Phi) is 5.60. The molecular formula is C14H19F3N2O2. The molecule has 0 spiro atoms. The highest BCUT2D eigenvalue weighted by Gasteiger charge is 2.35. The molecule has 0 aliphatic rings. The summed E-state index contributed by atoms with van der Waals surface area (Å²) in [5.74, 6) is -0.855. The first-order valence-corrected chi connectivity index (χ1v) is 6.52. The van der Waals surface area contributed by atoms with Gasteiger partial charge >= 0.3 is 6.18 Å². The molecule has 0 heterocycles. The molecular weight excluding hydrogens is 285 g/mol. The second kappa shape index (κ2) is 6.80. The van der Waals surface area contributed by atoms with Crippen molar-refractivity contribution in [1.82, 2.24) is 5.32 Å². The van der Waals surface area contributed by atoms with Crippen molar-refractivity contribution >= 4 is 5.91 Å². The molecule has 1 atom stereocenters. The molecule has 1 aromatic carbocycles. The molecule has 0 aromatic heterocycles. The van der Waals surface area contributed by atoms with Crippen molar-refractivity contribution < 1.29 is 22.7 Å². The van der Waals surface area contributed by atoms with Crippen LogP contribution in [0, 0.1) is 0 Å². The number of nitrogens with one attached hydrogen (secondary N) is 1. The van der Waals surface area contributed by atoms with Crippen LogP contribution in [-0.2, 0) is 17.5 Å². The summed E-state index contributed by atoms with van der Waals surface area (Å²) in [6.07, 6.45) is -5.60. The minimum Gasteiger partial charge on any atom is -0.480 e. The van der Waals surface area contributed by atoms with Gasteiger partial charge < -0.3 is 15.8 Å². The Morgan fingerprint density at radius 3 is 2.43 bits per heavy atom. The molecule has 0 saturated heterocycles. The van der Waals surface area contributed by atoms with Crippen LogP contribution in [0.5, 0.6) is 5.75 Å². The lowest BCUT2D eigenvalue weighted by Crippen LogP contribution is -2.40. The Bertz CT molecular complexity index is 501. The molecule has 4 nitrogen and oxygen atoms in total. The van der Waals surface area contributed by atoms with Crippen molar-refractivity contribution in [3.05, 3.63) is 29.3 Å². The molecule has 3 N–H and O–H groups in total. The average molecular weight is 304 g/mol. The van der Waals surface area contributed by atoms with E-state index in [2.05, 4.69) is 5.32 Å². The molecule has 118 valence electrons. The van der Waals surface area contributed by atoms with Crippen molar-refractivity contribution in [1.29, 1.82) is 0 Å². The number of nitrogens with two attached hydrogens (primary N) is 1. The Morgan fingerprint density at radius 1 is 1.33 bits per heavy atom. The van der Waals surface area contributed by atoms with Crippen LogP contribution in [0.4, 0.5) is 13.2 Å². The van der Waals surface area contributed by atoms with Gasteiger partial charge in [0, 0.05) is 12.6 Å². The van der Waals surface area contributed by atoms with Gasteiger partial charge in [-0.05, 0) is 38.5 Å². The van der Waals surface area contributed by atoms with E-state index in [1.165, 1.54) is 19.1 Å². The van der Waals surface area contributed by atoms with E-state index < -0.39 is 23.8 Å². The van der Waals surface area contributed by atoms with Crippen LogP contribution in [-0.4, -0.2) is 18.1 Å². The second-order valence-corrected chi connectivity index (χ2v) is 4.96. The summed E-state index contributed by atoms with van der Waals surface area (Å²) in [4.78, 5) is 11.7. The van der Waals surface area contributed by atoms with E-state index in [1.54, 1.807) is 13.8 Å². The number of carbonyl (C=O) groups is 1. The molecule has 21 heavy (non-hydrogen) atoms. The third kappa shape index (κ3) is 4.93. The number of hydrogen-bond donors (Lipinski definition) is 2. The van der Waals surface area contributed by atoms with Crippen molar-refractivity contribution in [2.75, 3.05) is 0 Å². The minimum atomic E-state index is -4.57. The fourth-order valence-corrected chi connectivity index (χ4v) is 1.67. The van der Waals surface area contributed by atoms with Gasteiger partial charge in [0.25, 0.3) is 5.91 Å². The summed E-state index contributed by atoms with van der Waals surface area (Å²) < 4.78 is 44.2. The monoisotopic (exact) mass is 304 g/mol. The maximum atomic E-state index is 13.0. The van der Waals surface area contributed by atoms with Gasteiger partial charge in [0.05, 0.1) is 5.56 Å². The second-order valence-electron chi connectivity index (χ2n) is 4.96. The van der Waals surface area contributed by atoms with Crippen LogP contribution in [0.25, 0.3) is 0 Å². The van der Waals surface area contributed by atoms with Crippen LogP contribution in [0.1, 0.15) is 31.9 Å². The summed E-state index contributed by atoms with van der Waals surface area (Å²) >= 11 is 0. The minimum absolute atomic E-state index is 0.00719. The van der Waals surface area contributed by atoms with Crippen molar-refractivity contribution in [2.45, 2.75) is 45.6 Å². The predicted molar refractivity (Wildman–Crippen MR) is 72.7 cm³/mol. The van der Waals surface area contributed by atoms with Gasteiger partial charge in [-0.3, -0.25) is 4.79 Å². The summed E-state index contributed by atoms with van der Waals surface area (Å²) in [5, 5.41) is 2.58. The lowest BCUT2D eigenvalue weighted by Gasteiger charge is -2.20. The summed E-state index contributed by atoms with van der Waals surface area (Å²) in [6, 6.07) is 3.44. The number of rotatable bonds is 5. The van der Waals surface area contributed by atoms with E-state index in [0.29, 0.717) is 5.56 Å². The lowest BCUT2D eigenvalue weighted by molar-refractivity contribution is -0.140. The third-order valence-corrected chi connectivity index (χ3v) is 2.69. The van der Waals surface area contributed by atoms with Crippen LogP contribution < -0.4 is 15.8 Å². The fraction of sp³-hybridized carbons (Fsp3) is 0.500. The van der Waals surface area contributed by atoms with E-state index in [0.717, 1.165) is 6.07 Å². The first-order chi connectivity index (χ1) is 9.65. The maximum Gasteiger partial charge on any atom is 0.419 e.